The number of piperidine rings is 1. The molecule has 3 aromatic rings. The predicted molar refractivity (Wildman–Crippen MR) is 183 cm³/mol. The first-order chi connectivity index (χ1) is 22.5. The van der Waals surface area contributed by atoms with E-state index in [0.29, 0.717) is 53.8 Å². The molecule has 1 aliphatic carbocycles. The van der Waals surface area contributed by atoms with Gasteiger partial charge in [0.15, 0.2) is 0 Å². The van der Waals surface area contributed by atoms with E-state index < -0.39 is 16.1 Å². The number of aromatic amines is 1. The number of rotatable bonds is 9. The van der Waals surface area contributed by atoms with Crippen molar-refractivity contribution in [3.63, 3.8) is 0 Å². The fourth-order valence-corrected chi connectivity index (χ4v) is 8.73. The second-order valence-electron chi connectivity index (χ2n) is 13.3. The molecule has 3 heterocycles. The summed E-state index contributed by atoms with van der Waals surface area (Å²) in [4.78, 5) is 35.5. The first-order valence-corrected chi connectivity index (χ1v) is 18.7. The van der Waals surface area contributed by atoms with Gasteiger partial charge in [0.05, 0.1) is 12.3 Å². The number of H-pyrrole nitrogens is 1. The highest BCUT2D eigenvalue weighted by atomic mass is 35.5. The van der Waals surface area contributed by atoms with Crippen molar-refractivity contribution in [1.82, 2.24) is 19.2 Å². The van der Waals surface area contributed by atoms with Gasteiger partial charge in [0.2, 0.25) is 15.9 Å². The molecule has 0 unspecified atom stereocenters. The van der Waals surface area contributed by atoms with Gasteiger partial charge < -0.3 is 20.3 Å². The molecule has 3 fully saturated rings. The monoisotopic (exact) mass is 682 g/mol. The summed E-state index contributed by atoms with van der Waals surface area (Å²) >= 11 is 6.69. The zero-order chi connectivity index (χ0) is 33.1. The molecule has 2 aliphatic heterocycles. The Kier molecular flexibility index (Phi) is 10.1. The van der Waals surface area contributed by atoms with Crippen LogP contribution in [0.5, 0.6) is 0 Å². The topological polar surface area (TPSA) is 148 Å². The lowest BCUT2D eigenvalue weighted by Gasteiger charge is -2.34. The minimum atomic E-state index is -3.23. The van der Waals surface area contributed by atoms with E-state index in [4.69, 9.17) is 21.7 Å². The van der Waals surface area contributed by atoms with E-state index in [9.17, 15) is 18.0 Å². The molecule has 2 saturated heterocycles. The Labute approximate surface area is 281 Å². The van der Waals surface area contributed by atoms with Crippen molar-refractivity contribution >= 4 is 45.0 Å². The van der Waals surface area contributed by atoms with E-state index in [2.05, 4.69) is 27.8 Å². The molecule has 2 atom stereocenters. The van der Waals surface area contributed by atoms with Crippen molar-refractivity contribution in [2.24, 2.45) is 23.7 Å². The minimum absolute atomic E-state index is 0.0458. The number of hydrogen-bond donors (Lipinski definition) is 4. The summed E-state index contributed by atoms with van der Waals surface area (Å²) in [7, 11) is -3.23. The largest absolute Gasteiger partial charge is 0.465 e. The number of halogens is 1. The summed E-state index contributed by atoms with van der Waals surface area (Å²) in [5.74, 6) is 1.82. The van der Waals surface area contributed by atoms with Crippen LogP contribution in [0.15, 0.2) is 54.6 Å². The Bertz CT molecular complexity index is 1650. The number of likely N-dealkylation sites (tertiary alicyclic amines) is 1. The quantitative estimate of drug-likeness (QED) is 0.207. The lowest BCUT2D eigenvalue weighted by molar-refractivity contribution is -0.138. The number of amides is 2. The molecule has 4 N–H and O–H groups in total. The standard InChI is InChI=1S/C34H43ClN6O5S/c1-47(45,46)40-17-15-23(16-18-40)26-19-29(32-38-30(31(35)39-32)24-11-13-28(14-12-24)37-34(43)44)41(21-26)33(42)25-9-7-22(8-10-25)20-36-27-5-3-2-4-6-27/h2-6,11-14,22-23,25-26,29,36-37H,7-10,15-21H2,1H3,(H,38,39)(H,43,44)/t22?,25?,26-,29-/m0/s1. The Morgan fingerprint density at radius 3 is 2.28 bits per heavy atom. The van der Waals surface area contributed by atoms with E-state index in [0.717, 1.165) is 62.7 Å². The summed E-state index contributed by atoms with van der Waals surface area (Å²) in [6, 6.07) is 16.8. The van der Waals surface area contributed by atoms with E-state index >= 15 is 0 Å². The Hall–Kier alpha value is -3.61. The molecular formula is C34H43ClN6O5S. The molecule has 6 rings (SSSR count). The molecule has 11 nitrogen and oxygen atoms in total. The van der Waals surface area contributed by atoms with Crippen molar-refractivity contribution in [3.05, 3.63) is 65.6 Å². The fraction of sp³-hybridized carbons (Fsp3) is 0.500. The number of para-hydroxylation sites is 1. The number of carboxylic acid groups (broad SMARTS) is 1. The highest BCUT2D eigenvalue weighted by Crippen LogP contribution is 2.44. The van der Waals surface area contributed by atoms with E-state index in [-0.39, 0.29) is 23.8 Å². The third kappa shape index (κ3) is 7.93. The summed E-state index contributed by atoms with van der Waals surface area (Å²) < 4.78 is 25.8. The van der Waals surface area contributed by atoms with Gasteiger partial charge in [-0.2, -0.15) is 0 Å². The number of imidazole rings is 1. The second kappa shape index (κ2) is 14.2. The molecule has 2 aromatic carbocycles. The molecule has 0 spiro atoms. The molecule has 1 saturated carbocycles. The average molecular weight is 683 g/mol. The van der Waals surface area contributed by atoms with Gasteiger partial charge in [0.1, 0.15) is 16.7 Å². The first kappa shape index (κ1) is 33.3. The molecule has 13 heteroatoms. The Morgan fingerprint density at radius 2 is 1.64 bits per heavy atom. The van der Waals surface area contributed by atoms with Gasteiger partial charge in [0, 0.05) is 49.0 Å². The predicted octanol–water partition coefficient (Wildman–Crippen LogP) is 6.30. The van der Waals surface area contributed by atoms with Crippen LogP contribution in [-0.4, -0.2) is 77.1 Å². The van der Waals surface area contributed by atoms with Gasteiger partial charge in [-0.1, -0.05) is 41.9 Å². The van der Waals surface area contributed by atoms with E-state index in [1.54, 1.807) is 28.6 Å². The lowest BCUT2D eigenvalue weighted by atomic mass is 9.81. The van der Waals surface area contributed by atoms with Crippen LogP contribution < -0.4 is 10.6 Å². The zero-order valence-corrected chi connectivity index (χ0v) is 28.1. The van der Waals surface area contributed by atoms with Gasteiger partial charge in [-0.15, -0.1) is 0 Å². The van der Waals surface area contributed by atoms with Gasteiger partial charge >= 0.3 is 6.09 Å². The number of nitrogens with zero attached hydrogens (tertiary/aromatic N) is 3. The number of aromatic nitrogens is 2. The zero-order valence-electron chi connectivity index (χ0n) is 26.6. The van der Waals surface area contributed by atoms with E-state index in [1.165, 1.54) is 6.26 Å². The van der Waals surface area contributed by atoms with Crippen LogP contribution in [0.1, 0.15) is 56.8 Å². The van der Waals surface area contributed by atoms with Crippen LogP contribution >= 0.6 is 11.6 Å². The van der Waals surface area contributed by atoms with Crippen LogP contribution in [0, 0.1) is 23.7 Å². The molecule has 1 aromatic heterocycles. The average Bonchev–Trinajstić information content (AvgIpc) is 3.68. The normalized spacial score (nSPS) is 24.3. The summed E-state index contributed by atoms with van der Waals surface area (Å²) in [5.41, 5.74) is 2.84. The van der Waals surface area contributed by atoms with Crippen molar-refractivity contribution in [2.45, 2.75) is 51.0 Å². The summed E-state index contributed by atoms with van der Waals surface area (Å²) in [5, 5.41) is 15.3. The third-order valence-corrected chi connectivity index (χ3v) is 11.8. The van der Waals surface area contributed by atoms with Crippen LogP contribution in [-0.2, 0) is 14.8 Å². The van der Waals surface area contributed by atoms with Gasteiger partial charge in [-0.05, 0) is 87.0 Å². The highest BCUT2D eigenvalue weighted by Gasteiger charge is 2.44. The van der Waals surface area contributed by atoms with Crippen LogP contribution in [0.2, 0.25) is 5.15 Å². The highest BCUT2D eigenvalue weighted by molar-refractivity contribution is 7.88. The molecular weight excluding hydrogens is 640 g/mol. The number of nitrogens with one attached hydrogen (secondary N) is 3. The Morgan fingerprint density at radius 1 is 0.957 bits per heavy atom. The van der Waals surface area contributed by atoms with Crippen molar-refractivity contribution in [2.75, 3.05) is 43.1 Å². The summed E-state index contributed by atoms with van der Waals surface area (Å²) in [6.07, 6.45) is 6.08. The number of carbonyl (C=O) groups is 2. The minimum Gasteiger partial charge on any atom is -0.465 e. The molecule has 47 heavy (non-hydrogen) atoms. The third-order valence-electron chi connectivity index (χ3n) is 10.2. The van der Waals surface area contributed by atoms with Gasteiger partial charge in [-0.25, -0.2) is 22.5 Å². The van der Waals surface area contributed by atoms with Crippen LogP contribution in [0.3, 0.4) is 0 Å². The molecule has 2 amide bonds. The molecule has 252 valence electrons. The number of benzene rings is 2. The number of anilines is 2. The summed E-state index contributed by atoms with van der Waals surface area (Å²) in [6.45, 7) is 2.52. The van der Waals surface area contributed by atoms with Crippen molar-refractivity contribution < 1.29 is 23.1 Å². The Balaban J connectivity index is 1.17. The molecule has 0 bridgehead atoms. The van der Waals surface area contributed by atoms with Crippen LogP contribution in [0.25, 0.3) is 11.3 Å². The SMILES string of the molecule is CS(=O)(=O)N1CCC([C@H]2C[C@@H](c3nc(-c4ccc(NC(=O)O)cc4)c(Cl)[nH]3)N(C(=O)C3CCC(CNc4ccccc4)CC3)C2)CC1. The van der Waals surface area contributed by atoms with Crippen molar-refractivity contribution in [3.8, 4) is 11.3 Å². The maximum Gasteiger partial charge on any atom is 0.409 e. The fourth-order valence-electron chi connectivity index (χ4n) is 7.61. The first-order valence-electron chi connectivity index (χ1n) is 16.5. The smallest absolute Gasteiger partial charge is 0.409 e. The maximum atomic E-state index is 14.3. The maximum absolute atomic E-state index is 14.3. The van der Waals surface area contributed by atoms with E-state index in [1.807, 2.05) is 23.1 Å². The number of hydrogen-bond acceptors (Lipinski definition) is 6. The number of carbonyl (C=O) groups excluding carboxylic acids is 1. The van der Waals surface area contributed by atoms with Gasteiger partial charge in [0.25, 0.3) is 0 Å². The second-order valence-corrected chi connectivity index (χ2v) is 15.6. The lowest BCUT2D eigenvalue weighted by Crippen LogP contribution is -2.41. The number of sulfonamides is 1. The molecule has 0 radical (unpaired) electrons. The van der Waals surface area contributed by atoms with Crippen molar-refractivity contribution in [1.29, 1.82) is 0 Å². The molecule has 3 aliphatic rings. The van der Waals surface area contributed by atoms with Gasteiger partial charge in [-0.3, -0.25) is 10.1 Å². The van der Waals surface area contributed by atoms with Crippen LogP contribution in [0.4, 0.5) is 16.2 Å².